The van der Waals surface area contributed by atoms with E-state index in [0.717, 1.165) is 22.3 Å². The summed E-state index contributed by atoms with van der Waals surface area (Å²) in [6.45, 7) is 4.23. The van der Waals surface area contributed by atoms with Gasteiger partial charge in [-0.15, -0.1) is 0 Å². The molecular formula is C11H17BrN2O. The summed E-state index contributed by atoms with van der Waals surface area (Å²) >= 11 is 3.49. The van der Waals surface area contributed by atoms with Crippen LogP contribution in [-0.2, 0) is 6.54 Å². The Morgan fingerprint density at radius 2 is 2.20 bits per heavy atom. The number of nitrogens with zero attached hydrogens (tertiary/aromatic N) is 1. The molecule has 0 radical (unpaired) electrons. The Morgan fingerprint density at radius 1 is 1.47 bits per heavy atom. The maximum absolute atomic E-state index is 8.98. The molecule has 0 atom stereocenters. The fraction of sp³-hybridized carbons (Fsp3) is 0.455. The molecule has 1 aromatic carbocycles. The van der Waals surface area contributed by atoms with Crippen LogP contribution in [0.3, 0.4) is 0 Å². The zero-order valence-electron chi connectivity index (χ0n) is 8.91. The van der Waals surface area contributed by atoms with Crippen molar-refractivity contribution in [3.63, 3.8) is 0 Å². The Hall–Kier alpha value is -0.580. The normalized spacial score (nSPS) is 10.4. The standard InChI is InChI=1S/C11H17BrN2O/c1-2-14(6-7-15)11-5-3-4-10(12)9(11)8-13/h3-5,15H,2,6-8,13H2,1H3. The van der Waals surface area contributed by atoms with Gasteiger partial charge in [0, 0.05) is 35.4 Å². The van der Waals surface area contributed by atoms with E-state index in [0.29, 0.717) is 13.1 Å². The number of likely N-dealkylation sites (N-methyl/N-ethyl adjacent to an activating group) is 1. The lowest BCUT2D eigenvalue weighted by atomic mass is 10.1. The number of nitrogens with two attached hydrogens (primary N) is 1. The summed E-state index contributed by atoms with van der Waals surface area (Å²) < 4.78 is 1.03. The van der Waals surface area contributed by atoms with E-state index in [2.05, 4.69) is 27.8 Å². The first-order valence-electron chi connectivity index (χ1n) is 5.07. The topological polar surface area (TPSA) is 49.5 Å². The summed E-state index contributed by atoms with van der Waals surface area (Å²) in [6.07, 6.45) is 0. The number of anilines is 1. The Balaban J connectivity index is 3.04. The highest BCUT2D eigenvalue weighted by molar-refractivity contribution is 9.10. The van der Waals surface area contributed by atoms with Crippen molar-refractivity contribution in [2.45, 2.75) is 13.5 Å². The van der Waals surface area contributed by atoms with Crippen molar-refractivity contribution in [2.75, 3.05) is 24.6 Å². The maximum Gasteiger partial charge on any atom is 0.0606 e. The van der Waals surface area contributed by atoms with Crippen LogP contribution in [0.15, 0.2) is 22.7 Å². The van der Waals surface area contributed by atoms with Gasteiger partial charge >= 0.3 is 0 Å². The van der Waals surface area contributed by atoms with Gasteiger partial charge in [0.25, 0.3) is 0 Å². The minimum Gasteiger partial charge on any atom is -0.395 e. The Kier molecular flexibility index (Phi) is 5.08. The SMILES string of the molecule is CCN(CCO)c1cccc(Br)c1CN. The van der Waals surface area contributed by atoms with E-state index in [1.54, 1.807) is 0 Å². The predicted molar refractivity (Wildman–Crippen MR) is 67.0 cm³/mol. The molecule has 0 aliphatic heterocycles. The van der Waals surface area contributed by atoms with E-state index in [-0.39, 0.29) is 6.61 Å². The number of hydrogen-bond donors (Lipinski definition) is 2. The van der Waals surface area contributed by atoms with Crippen LogP contribution in [0, 0.1) is 0 Å². The van der Waals surface area contributed by atoms with Gasteiger partial charge in [0.15, 0.2) is 0 Å². The van der Waals surface area contributed by atoms with Gasteiger partial charge in [-0.1, -0.05) is 22.0 Å². The second-order valence-electron chi connectivity index (χ2n) is 3.24. The van der Waals surface area contributed by atoms with Gasteiger partial charge in [-0.05, 0) is 19.1 Å². The van der Waals surface area contributed by atoms with Crippen LogP contribution in [0.2, 0.25) is 0 Å². The number of hydrogen-bond acceptors (Lipinski definition) is 3. The average Bonchev–Trinajstić information content (AvgIpc) is 2.25. The molecule has 0 aliphatic rings. The van der Waals surface area contributed by atoms with Crippen LogP contribution in [0.4, 0.5) is 5.69 Å². The van der Waals surface area contributed by atoms with Crippen molar-refractivity contribution in [3.8, 4) is 0 Å². The first-order chi connectivity index (χ1) is 7.24. The largest absolute Gasteiger partial charge is 0.395 e. The highest BCUT2D eigenvalue weighted by Gasteiger charge is 2.10. The van der Waals surface area contributed by atoms with Crippen molar-refractivity contribution < 1.29 is 5.11 Å². The number of halogens is 1. The van der Waals surface area contributed by atoms with Gasteiger partial charge in [0.2, 0.25) is 0 Å². The molecule has 0 unspecified atom stereocenters. The van der Waals surface area contributed by atoms with Gasteiger partial charge < -0.3 is 15.7 Å². The number of benzene rings is 1. The van der Waals surface area contributed by atoms with Crippen LogP contribution >= 0.6 is 15.9 Å². The number of aliphatic hydroxyl groups excluding tert-OH is 1. The first kappa shape index (κ1) is 12.5. The monoisotopic (exact) mass is 272 g/mol. The fourth-order valence-electron chi connectivity index (χ4n) is 1.62. The van der Waals surface area contributed by atoms with E-state index in [9.17, 15) is 0 Å². The molecule has 0 spiro atoms. The summed E-state index contributed by atoms with van der Waals surface area (Å²) in [5.74, 6) is 0. The minimum atomic E-state index is 0.157. The van der Waals surface area contributed by atoms with Crippen molar-refractivity contribution in [1.82, 2.24) is 0 Å². The first-order valence-corrected chi connectivity index (χ1v) is 5.87. The molecule has 0 saturated carbocycles. The summed E-state index contributed by atoms with van der Waals surface area (Å²) in [7, 11) is 0. The third kappa shape index (κ3) is 2.93. The quantitative estimate of drug-likeness (QED) is 0.859. The lowest BCUT2D eigenvalue weighted by molar-refractivity contribution is 0.302. The molecule has 4 heteroatoms. The molecule has 1 aromatic rings. The fourth-order valence-corrected chi connectivity index (χ4v) is 2.13. The lowest BCUT2D eigenvalue weighted by Crippen LogP contribution is -2.27. The molecule has 1 rings (SSSR count). The van der Waals surface area contributed by atoms with Gasteiger partial charge in [-0.2, -0.15) is 0 Å². The summed E-state index contributed by atoms with van der Waals surface area (Å²) in [5.41, 5.74) is 7.91. The van der Waals surface area contributed by atoms with Crippen LogP contribution in [0.5, 0.6) is 0 Å². The molecule has 0 saturated heterocycles. The average molecular weight is 273 g/mol. The second-order valence-corrected chi connectivity index (χ2v) is 4.10. The molecule has 0 aliphatic carbocycles. The third-order valence-corrected chi connectivity index (χ3v) is 3.13. The Bertz CT molecular complexity index is 317. The van der Waals surface area contributed by atoms with Crippen LogP contribution in [-0.4, -0.2) is 24.8 Å². The van der Waals surface area contributed by atoms with E-state index in [1.165, 1.54) is 0 Å². The molecule has 84 valence electrons. The zero-order valence-corrected chi connectivity index (χ0v) is 10.5. The Morgan fingerprint density at radius 3 is 2.73 bits per heavy atom. The molecular weight excluding hydrogens is 256 g/mol. The summed E-state index contributed by atoms with van der Waals surface area (Å²) in [6, 6.07) is 6.00. The van der Waals surface area contributed by atoms with E-state index in [1.807, 2.05) is 18.2 Å². The highest BCUT2D eigenvalue weighted by atomic mass is 79.9. The van der Waals surface area contributed by atoms with E-state index in [4.69, 9.17) is 10.8 Å². The molecule has 0 amide bonds. The van der Waals surface area contributed by atoms with E-state index >= 15 is 0 Å². The number of rotatable bonds is 5. The van der Waals surface area contributed by atoms with Crippen molar-refractivity contribution >= 4 is 21.6 Å². The van der Waals surface area contributed by atoms with Crippen LogP contribution in [0.25, 0.3) is 0 Å². The molecule has 3 N–H and O–H groups in total. The van der Waals surface area contributed by atoms with Gasteiger partial charge in [-0.25, -0.2) is 0 Å². The van der Waals surface area contributed by atoms with Gasteiger partial charge in [-0.3, -0.25) is 0 Å². The van der Waals surface area contributed by atoms with E-state index < -0.39 is 0 Å². The zero-order chi connectivity index (χ0) is 11.3. The van der Waals surface area contributed by atoms with Crippen LogP contribution in [0.1, 0.15) is 12.5 Å². The minimum absolute atomic E-state index is 0.157. The van der Waals surface area contributed by atoms with Crippen molar-refractivity contribution in [1.29, 1.82) is 0 Å². The second kappa shape index (κ2) is 6.10. The molecule has 0 heterocycles. The molecule has 15 heavy (non-hydrogen) atoms. The summed E-state index contributed by atoms with van der Waals surface area (Å²) in [5, 5.41) is 8.98. The smallest absolute Gasteiger partial charge is 0.0606 e. The Labute approximate surface area is 99.0 Å². The highest BCUT2D eigenvalue weighted by Crippen LogP contribution is 2.27. The molecule has 0 bridgehead atoms. The molecule has 3 nitrogen and oxygen atoms in total. The van der Waals surface area contributed by atoms with Crippen molar-refractivity contribution in [3.05, 3.63) is 28.2 Å². The van der Waals surface area contributed by atoms with Gasteiger partial charge in [0.1, 0.15) is 0 Å². The van der Waals surface area contributed by atoms with Gasteiger partial charge in [0.05, 0.1) is 6.61 Å². The van der Waals surface area contributed by atoms with Crippen LogP contribution < -0.4 is 10.6 Å². The lowest BCUT2D eigenvalue weighted by Gasteiger charge is -2.25. The predicted octanol–water partition coefficient (Wildman–Crippen LogP) is 1.73. The summed E-state index contributed by atoms with van der Waals surface area (Å²) in [4.78, 5) is 2.12. The molecule has 0 fully saturated rings. The third-order valence-electron chi connectivity index (χ3n) is 2.39. The maximum atomic E-state index is 8.98. The van der Waals surface area contributed by atoms with Crippen molar-refractivity contribution in [2.24, 2.45) is 5.73 Å². The molecule has 0 aromatic heterocycles. The number of aliphatic hydroxyl groups is 1.